The summed E-state index contributed by atoms with van der Waals surface area (Å²) in [5, 5.41) is 6.99. The monoisotopic (exact) mass is 413 g/mol. The summed E-state index contributed by atoms with van der Waals surface area (Å²) in [6, 6.07) is 3.98. The van der Waals surface area contributed by atoms with Gasteiger partial charge in [-0.2, -0.15) is 18.3 Å². The molecule has 1 aliphatic carbocycles. The maximum atomic E-state index is 12.9. The Hall–Kier alpha value is -2.36. The largest absolute Gasteiger partial charge is 0.416 e. The molecule has 4 rings (SSSR count). The molecule has 150 valence electrons. The number of nitrogens with one attached hydrogen (secondary N) is 1. The third-order valence-electron chi connectivity index (χ3n) is 5.15. The number of amides is 1. The molecule has 1 saturated heterocycles. The summed E-state index contributed by atoms with van der Waals surface area (Å²) in [5.41, 5.74) is 0.948. The fraction of sp³-hybridized carbons (Fsp3) is 0.444. The highest BCUT2D eigenvalue weighted by atomic mass is 32.2. The van der Waals surface area contributed by atoms with Crippen LogP contribution in [-0.2, 0) is 28.9 Å². The molecule has 1 N–H and O–H groups in total. The van der Waals surface area contributed by atoms with E-state index >= 15 is 0 Å². The van der Waals surface area contributed by atoms with Crippen molar-refractivity contribution < 1.29 is 26.4 Å². The maximum absolute atomic E-state index is 12.9. The highest BCUT2D eigenvalue weighted by molar-refractivity contribution is 7.91. The quantitative estimate of drug-likeness (QED) is 0.839. The lowest BCUT2D eigenvalue weighted by Gasteiger charge is -2.15. The van der Waals surface area contributed by atoms with Gasteiger partial charge in [-0.25, -0.2) is 8.42 Å². The van der Waals surface area contributed by atoms with Crippen molar-refractivity contribution in [3.05, 3.63) is 46.8 Å². The van der Waals surface area contributed by atoms with Crippen LogP contribution in [0, 0.1) is 0 Å². The van der Waals surface area contributed by atoms with Crippen LogP contribution in [0.1, 0.15) is 46.2 Å². The van der Waals surface area contributed by atoms with Gasteiger partial charge in [0.2, 0.25) is 0 Å². The molecular formula is C18H18F3N3O3S. The Kier molecular flexibility index (Phi) is 4.48. The minimum atomic E-state index is -4.51. The molecule has 1 aromatic carbocycles. The van der Waals surface area contributed by atoms with Crippen LogP contribution >= 0.6 is 0 Å². The van der Waals surface area contributed by atoms with Gasteiger partial charge in [-0.05, 0) is 43.9 Å². The molecule has 1 unspecified atom stereocenters. The van der Waals surface area contributed by atoms with Gasteiger partial charge in [0.05, 0.1) is 28.8 Å². The lowest BCUT2D eigenvalue weighted by atomic mass is 10.1. The number of anilines is 1. The van der Waals surface area contributed by atoms with Crippen LogP contribution in [0.15, 0.2) is 24.3 Å². The summed E-state index contributed by atoms with van der Waals surface area (Å²) in [7, 11) is -3.18. The number of sulfone groups is 1. The lowest BCUT2D eigenvalue weighted by molar-refractivity contribution is -0.137. The van der Waals surface area contributed by atoms with Gasteiger partial charge in [0, 0.05) is 11.3 Å². The van der Waals surface area contributed by atoms with Crippen molar-refractivity contribution in [3.63, 3.8) is 0 Å². The van der Waals surface area contributed by atoms with E-state index in [4.69, 9.17) is 0 Å². The number of carbonyl (C=O) groups excluding carboxylic acids is 1. The molecule has 1 atom stereocenters. The van der Waals surface area contributed by atoms with Gasteiger partial charge in [0.1, 0.15) is 5.69 Å². The molecule has 1 aromatic heterocycles. The molecule has 6 nitrogen and oxygen atoms in total. The number of halogens is 3. The van der Waals surface area contributed by atoms with Crippen molar-refractivity contribution in [1.29, 1.82) is 0 Å². The van der Waals surface area contributed by atoms with Crippen molar-refractivity contribution >= 4 is 21.4 Å². The molecular weight excluding hydrogens is 395 g/mol. The summed E-state index contributed by atoms with van der Waals surface area (Å²) in [5.74, 6) is -0.617. The van der Waals surface area contributed by atoms with E-state index in [9.17, 15) is 26.4 Å². The second-order valence-corrected chi connectivity index (χ2v) is 9.39. The molecule has 10 heteroatoms. The Morgan fingerprint density at radius 2 is 2.04 bits per heavy atom. The zero-order valence-corrected chi connectivity index (χ0v) is 15.6. The van der Waals surface area contributed by atoms with E-state index in [1.54, 1.807) is 0 Å². The zero-order valence-electron chi connectivity index (χ0n) is 14.8. The molecule has 28 heavy (non-hydrogen) atoms. The van der Waals surface area contributed by atoms with Gasteiger partial charge in [0.25, 0.3) is 5.91 Å². The van der Waals surface area contributed by atoms with Gasteiger partial charge < -0.3 is 5.32 Å². The number of aromatic nitrogens is 2. The zero-order chi connectivity index (χ0) is 20.1. The Bertz CT molecular complexity index is 1040. The number of alkyl halides is 3. The van der Waals surface area contributed by atoms with Gasteiger partial charge in [-0.3, -0.25) is 9.48 Å². The molecule has 2 aliphatic rings. The number of benzene rings is 1. The van der Waals surface area contributed by atoms with Gasteiger partial charge in [-0.1, -0.05) is 6.07 Å². The number of carbonyl (C=O) groups is 1. The van der Waals surface area contributed by atoms with Crippen LogP contribution in [-0.4, -0.2) is 35.6 Å². The van der Waals surface area contributed by atoms with Crippen molar-refractivity contribution in [3.8, 4) is 0 Å². The number of nitrogens with zero attached hydrogens (tertiary/aromatic N) is 2. The van der Waals surface area contributed by atoms with E-state index in [2.05, 4.69) is 10.4 Å². The Morgan fingerprint density at radius 1 is 1.25 bits per heavy atom. The summed E-state index contributed by atoms with van der Waals surface area (Å²) in [6.45, 7) is 0. The Morgan fingerprint density at radius 3 is 2.71 bits per heavy atom. The first-order valence-corrected chi connectivity index (χ1v) is 10.8. The molecule has 0 spiro atoms. The molecule has 0 bridgehead atoms. The molecule has 2 heterocycles. The van der Waals surface area contributed by atoms with E-state index in [0.29, 0.717) is 19.3 Å². The predicted molar refractivity (Wildman–Crippen MR) is 96.0 cm³/mol. The summed E-state index contributed by atoms with van der Waals surface area (Å²) in [4.78, 5) is 12.9. The van der Waals surface area contributed by atoms with Gasteiger partial charge >= 0.3 is 6.18 Å². The molecule has 1 aliphatic heterocycles. The van der Waals surface area contributed by atoms with E-state index in [0.717, 1.165) is 29.8 Å². The SMILES string of the molecule is O=C(Nc1cccc(C(F)(F)F)c1)c1c2c(nn1C1CCS(=O)(=O)C1)CCC2. The summed E-state index contributed by atoms with van der Waals surface area (Å²) in [6.07, 6.45) is -1.97. The molecule has 0 radical (unpaired) electrons. The normalized spacial score (nSPS) is 20.9. The minimum absolute atomic E-state index is 0.0263. The van der Waals surface area contributed by atoms with Crippen molar-refractivity contribution in [1.82, 2.24) is 9.78 Å². The minimum Gasteiger partial charge on any atom is -0.321 e. The fourth-order valence-electron chi connectivity index (χ4n) is 3.85. The first kappa shape index (κ1) is 19.0. The average molecular weight is 413 g/mol. The highest BCUT2D eigenvalue weighted by Crippen LogP contribution is 2.33. The first-order valence-electron chi connectivity index (χ1n) is 8.93. The molecule has 2 aromatic rings. The first-order chi connectivity index (χ1) is 13.1. The second kappa shape index (κ2) is 6.61. The predicted octanol–water partition coefficient (Wildman–Crippen LogP) is 3.00. The number of hydrogen-bond donors (Lipinski definition) is 1. The number of fused-ring (bicyclic) bond motifs is 1. The standard InChI is InChI=1S/C18H18F3N3O3S/c19-18(20,21)11-3-1-4-12(9-11)22-17(25)16-14-5-2-6-15(14)23-24(16)13-7-8-28(26,27)10-13/h1,3-4,9,13H,2,5-8,10H2,(H,22,25). The fourth-order valence-corrected chi connectivity index (χ4v) is 5.54. The number of rotatable bonds is 3. The Labute approximate surface area is 159 Å². The van der Waals surface area contributed by atoms with Gasteiger partial charge in [0.15, 0.2) is 9.84 Å². The lowest BCUT2D eigenvalue weighted by Crippen LogP contribution is -2.23. The van der Waals surface area contributed by atoms with Gasteiger partial charge in [-0.15, -0.1) is 0 Å². The number of hydrogen-bond acceptors (Lipinski definition) is 4. The highest BCUT2D eigenvalue weighted by Gasteiger charge is 2.36. The average Bonchev–Trinajstić information content (AvgIpc) is 3.27. The topological polar surface area (TPSA) is 81.1 Å². The van der Waals surface area contributed by atoms with E-state index < -0.39 is 33.5 Å². The van der Waals surface area contributed by atoms with E-state index in [1.165, 1.54) is 16.8 Å². The second-order valence-electron chi connectivity index (χ2n) is 7.16. The Balaban J connectivity index is 1.66. The van der Waals surface area contributed by atoms with Crippen LogP contribution in [0.25, 0.3) is 0 Å². The molecule has 1 fully saturated rings. The maximum Gasteiger partial charge on any atom is 0.416 e. The number of aryl methyl sites for hydroxylation is 1. The third-order valence-corrected chi connectivity index (χ3v) is 6.90. The summed E-state index contributed by atoms with van der Waals surface area (Å²) >= 11 is 0. The molecule has 1 amide bonds. The van der Waals surface area contributed by atoms with Crippen LogP contribution < -0.4 is 5.32 Å². The molecule has 0 saturated carbocycles. The van der Waals surface area contributed by atoms with Crippen LogP contribution in [0.2, 0.25) is 0 Å². The van der Waals surface area contributed by atoms with E-state index in [1.807, 2.05) is 0 Å². The van der Waals surface area contributed by atoms with Crippen molar-refractivity contribution in [2.24, 2.45) is 0 Å². The van der Waals surface area contributed by atoms with Crippen LogP contribution in [0.3, 0.4) is 0 Å². The van der Waals surface area contributed by atoms with Crippen molar-refractivity contribution in [2.75, 3.05) is 16.8 Å². The van der Waals surface area contributed by atoms with Crippen LogP contribution in [0.4, 0.5) is 18.9 Å². The van der Waals surface area contributed by atoms with Crippen LogP contribution in [0.5, 0.6) is 0 Å². The van der Waals surface area contributed by atoms with E-state index in [-0.39, 0.29) is 22.9 Å². The summed E-state index contributed by atoms with van der Waals surface area (Å²) < 4.78 is 63.9. The smallest absolute Gasteiger partial charge is 0.321 e. The van der Waals surface area contributed by atoms with Crippen molar-refractivity contribution in [2.45, 2.75) is 37.9 Å². The third kappa shape index (κ3) is 3.52.